The molecule has 0 heterocycles. The zero-order valence-corrected chi connectivity index (χ0v) is 15.3. The molecule has 0 aromatic carbocycles. The maximum absolute atomic E-state index is 6.67. The molecule has 0 aromatic heterocycles. The lowest BCUT2D eigenvalue weighted by atomic mass is 9.76. The lowest BCUT2D eigenvalue weighted by molar-refractivity contribution is 0.266. The van der Waals surface area contributed by atoms with Gasteiger partial charge in [-0.25, -0.2) is 0 Å². The zero-order valence-electron chi connectivity index (χ0n) is 15.3. The number of rotatable bonds is 8. The Kier molecular flexibility index (Phi) is 7.16. The third kappa shape index (κ3) is 5.65. The van der Waals surface area contributed by atoms with Gasteiger partial charge in [-0.2, -0.15) is 0 Å². The van der Waals surface area contributed by atoms with Gasteiger partial charge in [0.1, 0.15) is 0 Å². The average Bonchev–Trinajstić information content (AvgIpc) is 2.55. The predicted molar refractivity (Wildman–Crippen MR) is 100 cm³/mol. The van der Waals surface area contributed by atoms with Crippen molar-refractivity contribution in [3.05, 3.63) is 23.9 Å². The molecule has 2 aliphatic carbocycles. The van der Waals surface area contributed by atoms with Gasteiger partial charge in [0.05, 0.1) is 0 Å². The van der Waals surface area contributed by atoms with Crippen LogP contribution in [0.1, 0.15) is 71.6 Å². The van der Waals surface area contributed by atoms with Crippen LogP contribution in [0.4, 0.5) is 0 Å². The molecule has 0 spiro atoms. The Morgan fingerprint density at radius 2 is 1.91 bits per heavy atom. The smallest absolute Gasteiger partial charge is 0.0381 e. The molecule has 2 aliphatic rings. The van der Waals surface area contributed by atoms with Crippen LogP contribution in [-0.4, -0.2) is 29.6 Å². The molecular formula is C20H37N3. The second-order valence-electron chi connectivity index (χ2n) is 7.67. The molecule has 132 valence electrons. The van der Waals surface area contributed by atoms with Crippen molar-refractivity contribution >= 4 is 0 Å². The summed E-state index contributed by atoms with van der Waals surface area (Å²) in [5.41, 5.74) is 13.9. The van der Waals surface area contributed by atoms with E-state index in [4.69, 9.17) is 11.5 Å². The molecule has 0 aliphatic heterocycles. The molecule has 0 bridgehead atoms. The Bertz CT molecular complexity index is 407. The van der Waals surface area contributed by atoms with Crippen molar-refractivity contribution in [1.29, 1.82) is 0 Å². The summed E-state index contributed by atoms with van der Waals surface area (Å²) in [5.74, 6) is 0.756. The number of hydrogen-bond acceptors (Lipinski definition) is 3. The Morgan fingerprint density at radius 1 is 1.17 bits per heavy atom. The first-order chi connectivity index (χ1) is 11.1. The van der Waals surface area contributed by atoms with Gasteiger partial charge in [-0.05, 0) is 63.9 Å². The number of unbranched alkanes of at least 4 members (excludes halogenated alkanes) is 2. The average molecular weight is 320 g/mol. The number of hydrogen-bond donors (Lipinski definition) is 2. The summed E-state index contributed by atoms with van der Waals surface area (Å²) in [6, 6.07) is 0.426. The first-order valence-corrected chi connectivity index (χ1v) is 9.75. The van der Waals surface area contributed by atoms with Crippen molar-refractivity contribution < 1.29 is 0 Å². The lowest BCUT2D eigenvalue weighted by Gasteiger charge is -2.36. The highest BCUT2D eigenvalue weighted by Gasteiger charge is 2.30. The number of allylic oxidation sites excluding steroid dienone is 1. The van der Waals surface area contributed by atoms with Crippen LogP contribution in [0.2, 0.25) is 0 Å². The third-order valence-electron chi connectivity index (χ3n) is 5.62. The summed E-state index contributed by atoms with van der Waals surface area (Å²) in [6.45, 7) is 6.75. The standard InChI is InChI=1S/C20H37N3/c1-3-5-6-15-23(4-2)19-11-13-20(22,14-12-19)16-17-7-9-18(21)10-8-17/h11-13,17-18H,3-10,14-16,21-22H2,1-2H3. The molecule has 3 heteroatoms. The van der Waals surface area contributed by atoms with Gasteiger partial charge in [0.2, 0.25) is 0 Å². The highest BCUT2D eigenvalue weighted by Crippen LogP contribution is 2.33. The van der Waals surface area contributed by atoms with Gasteiger partial charge < -0.3 is 16.4 Å². The topological polar surface area (TPSA) is 55.3 Å². The number of nitrogens with zero attached hydrogens (tertiary/aromatic N) is 1. The van der Waals surface area contributed by atoms with Crippen LogP contribution in [0.15, 0.2) is 23.9 Å². The van der Waals surface area contributed by atoms with E-state index < -0.39 is 0 Å². The van der Waals surface area contributed by atoms with E-state index in [2.05, 4.69) is 37.0 Å². The highest BCUT2D eigenvalue weighted by molar-refractivity contribution is 5.28. The first-order valence-electron chi connectivity index (χ1n) is 9.75. The quantitative estimate of drug-likeness (QED) is 0.666. The van der Waals surface area contributed by atoms with E-state index >= 15 is 0 Å². The van der Waals surface area contributed by atoms with E-state index in [-0.39, 0.29) is 5.54 Å². The molecule has 1 saturated carbocycles. The van der Waals surface area contributed by atoms with Crippen molar-refractivity contribution in [2.45, 2.75) is 83.2 Å². The molecule has 4 N–H and O–H groups in total. The minimum Gasteiger partial charge on any atom is -0.372 e. The third-order valence-corrected chi connectivity index (χ3v) is 5.62. The maximum Gasteiger partial charge on any atom is 0.0381 e. The second-order valence-corrected chi connectivity index (χ2v) is 7.67. The highest BCUT2D eigenvalue weighted by atomic mass is 15.1. The van der Waals surface area contributed by atoms with Crippen molar-refractivity contribution in [2.24, 2.45) is 17.4 Å². The van der Waals surface area contributed by atoms with E-state index in [1.54, 1.807) is 0 Å². The Balaban J connectivity index is 1.85. The van der Waals surface area contributed by atoms with Crippen LogP contribution in [0, 0.1) is 5.92 Å². The van der Waals surface area contributed by atoms with Gasteiger partial charge in [-0.1, -0.05) is 31.9 Å². The van der Waals surface area contributed by atoms with E-state index in [0.717, 1.165) is 25.3 Å². The van der Waals surface area contributed by atoms with Crippen LogP contribution in [-0.2, 0) is 0 Å². The summed E-state index contributed by atoms with van der Waals surface area (Å²) in [6.07, 6.45) is 17.7. The molecule has 1 fully saturated rings. The summed E-state index contributed by atoms with van der Waals surface area (Å²) in [5, 5.41) is 0. The fourth-order valence-corrected chi connectivity index (χ4v) is 4.02. The van der Waals surface area contributed by atoms with Gasteiger partial charge in [0.15, 0.2) is 0 Å². The normalized spacial score (nSPS) is 31.0. The lowest BCUT2D eigenvalue weighted by Crippen LogP contribution is -2.42. The van der Waals surface area contributed by atoms with Crippen LogP contribution in [0.3, 0.4) is 0 Å². The van der Waals surface area contributed by atoms with E-state index in [1.165, 1.54) is 57.2 Å². The van der Waals surface area contributed by atoms with Crippen LogP contribution in [0.25, 0.3) is 0 Å². The first kappa shape index (κ1) is 18.5. The van der Waals surface area contributed by atoms with E-state index in [9.17, 15) is 0 Å². The zero-order chi connectivity index (χ0) is 16.7. The molecule has 1 unspecified atom stereocenters. The van der Waals surface area contributed by atoms with E-state index in [1.807, 2.05) is 0 Å². The molecular weight excluding hydrogens is 282 g/mol. The Morgan fingerprint density at radius 3 is 2.48 bits per heavy atom. The molecule has 0 saturated heterocycles. The van der Waals surface area contributed by atoms with Crippen LogP contribution >= 0.6 is 0 Å². The van der Waals surface area contributed by atoms with Crippen LogP contribution < -0.4 is 11.5 Å². The second kappa shape index (κ2) is 8.89. The summed E-state index contributed by atoms with van der Waals surface area (Å²) >= 11 is 0. The molecule has 3 nitrogen and oxygen atoms in total. The molecule has 23 heavy (non-hydrogen) atoms. The minimum absolute atomic E-state index is 0.140. The van der Waals surface area contributed by atoms with Gasteiger partial charge in [0, 0.05) is 30.4 Å². The fourth-order valence-electron chi connectivity index (χ4n) is 4.02. The summed E-state index contributed by atoms with van der Waals surface area (Å²) in [7, 11) is 0. The van der Waals surface area contributed by atoms with Gasteiger partial charge in [-0.15, -0.1) is 0 Å². The summed E-state index contributed by atoms with van der Waals surface area (Å²) in [4.78, 5) is 2.49. The minimum atomic E-state index is -0.140. The predicted octanol–water partition coefficient (Wildman–Crippen LogP) is 3.95. The molecule has 2 rings (SSSR count). The van der Waals surface area contributed by atoms with Gasteiger partial charge in [-0.3, -0.25) is 0 Å². The number of nitrogens with two attached hydrogens (primary N) is 2. The largest absolute Gasteiger partial charge is 0.372 e. The SMILES string of the molecule is CCCCCN(CC)C1=CCC(N)(CC2CCC(N)CC2)C=C1. The Labute approximate surface area is 143 Å². The molecule has 0 amide bonds. The van der Waals surface area contributed by atoms with E-state index in [0.29, 0.717) is 6.04 Å². The number of likely N-dealkylation sites (N-methyl/N-ethyl adjacent to an activating group) is 1. The van der Waals surface area contributed by atoms with Gasteiger partial charge >= 0.3 is 0 Å². The van der Waals surface area contributed by atoms with Crippen LogP contribution in [0.5, 0.6) is 0 Å². The van der Waals surface area contributed by atoms with Crippen molar-refractivity contribution in [3.63, 3.8) is 0 Å². The fraction of sp³-hybridized carbons (Fsp3) is 0.800. The van der Waals surface area contributed by atoms with Crippen molar-refractivity contribution in [1.82, 2.24) is 4.90 Å². The van der Waals surface area contributed by atoms with Gasteiger partial charge in [0.25, 0.3) is 0 Å². The Hall–Kier alpha value is -0.800. The van der Waals surface area contributed by atoms with Crippen molar-refractivity contribution in [3.8, 4) is 0 Å². The van der Waals surface area contributed by atoms with Crippen molar-refractivity contribution in [2.75, 3.05) is 13.1 Å². The summed E-state index contributed by atoms with van der Waals surface area (Å²) < 4.78 is 0. The molecule has 1 atom stereocenters. The maximum atomic E-state index is 6.67. The molecule has 0 radical (unpaired) electrons. The monoisotopic (exact) mass is 319 g/mol. The molecule has 0 aromatic rings.